The van der Waals surface area contributed by atoms with Crippen molar-refractivity contribution in [2.24, 2.45) is 5.92 Å². The molecular formula is C11H13BrN2O. The van der Waals surface area contributed by atoms with E-state index in [2.05, 4.69) is 27.8 Å². The molecule has 1 aliphatic rings. The van der Waals surface area contributed by atoms with Gasteiger partial charge in [-0.1, -0.05) is 13.0 Å². The molecule has 1 aromatic heterocycles. The topological polar surface area (TPSA) is 33.2 Å². The quantitative estimate of drug-likeness (QED) is 0.733. The Bertz CT molecular complexity index is 381. The van der Waals surface area contributed by atoms with Crippen LogP contribution in [-0.2, 0) is 0 Å². The SMILES string of the molecule is CC1CCN(C(=O)c2cccc(Br)n2)C1. The fraction of sp³-hybridized carbons (Fsp3) is 0.455. The number of halogens is 1. The highest BCUT2D eigenvalue weighted by Gasteiger charge is 2.24. The average molecular weight is 269 g/mol. The minimum atomic E-state index is 0.0423. The molecule has 80 valence electrons. The number of pyridine rings is 1. The van der Waals surface area contributed by atoms with Gasteiger partial charge in [0.05, 0.1) is 0 Å². The first-order valence-electron chi connectivity index (χ1n) is 5.08. The van der Waals surface area contributed by atoms with Crippen molar-refractivity contribution in [3.63, 3.8) is 0 Å². The smallest absolute Gasteiger partial charge is 0.272 e. The van der Waals surface area contributed by atoms with Gasteiger partial charge in [-0.15, -0.1) is 0 Å². The van der Waals surface area contributed by atoms with Gasteiger partial charge < -0.3 is 4.90 Å². The van der Waals surface area contributed by atoms with E-state index in [1.54, 1.807) is 6.07 Å². The van der Waals surface area contributed by atoms with Gasteiger partial charge in [0.1, 0.15) is 10.3 Å². The van der Waals surface area contributed by atoms with E-state index < -0.39 is 0 Å². The molecule has 0 spiro atoms. The summed E-state index contributed by atoms with van der Waals surface area (Å²) in [5.41, 5.74) is 0.526. The number of nitrogens with zero attached hydrogens (tertiary/aromatic N) is 2. The average Bonchev–Trinajstić information content (AvgIpc) is 2.64. The van der Waals surface area contributed by atoms with E-state index in [9.17, 15) is 4.79 Å². The molecular weight excluding hydrogens is 256 g/mol. The van der Waals surface area contributed by atoms with Gasteiger partial charge in [-0.2, -0.15) is 0 Å². The lowest BCUT2D eigenvalue weighted by atomic mass is 10.2. The first-order chi connectivity index (χ1) is 7.16. The summed E-state index contributed by atoms with van der Waals surface area (Å²) < 4.78 is 0.709. The van der Waals surface area contributed by atoms with Gasteiger partial charge in [0.25, 0.3) is 5.91 Å². The summed E-state index contributed by atoms with van der Waals surface area (Å²) >= 11 is 3.27. The predicted octanol–water partition coefficient (Wildman–Crippen LogP) is 2.33. The zero-order valence-electron chi connectivity index (χ0n) is 8.61. The number of carbonyl (C=O) groups excluding carboxylic acids is 1. The van der Waals surface area contributed by atoms with Crippen LogP contribution in [0.4, 0.5) is 0 Å². The Morgan fingerprint density at radius 3 is 3.00 bits per heavy atom. The van der Waals surface area contributed by atoms with Crippen LogP contribution in [-0.4, -0.2) is 28.9 Å². The number of amides is 1. The number of hydrogen-bond acceptors (Lipinski definition) is 2. The standard InChI is InChI=1S/C11H13BrN2O/c1-8-5-6-14(7-8)11(15)9-3-2-4-10(12)13-9/h2-4,8H,5-7H2,1H3. The second kappa shape index (κ2) is 4.31. The van der Waals surface area contributed by atoms with Crippen LogP contribution in [0.2, 0.25) is 0 Å². The van der Waals surface area contributed by atoms with Crippen molar-refractivity contribution in [2.75, 3.05) is 13.1 Å². The molecule has 1 aliphatic heterocycles. The molecule has 15 heavy (non-hydrogen) atoms. The van der Waals surface area contributed by atoms with E-state index in [1.165, 1.54) is 0 Å². The Balaban J connectivity index is 2.14. The number of rotatable bonds is 1. The summed E-state index contributed by atoms with van der Waals surface area (Å²) in [5.74, 6) is 0.654. The summed E-state index contributed by atoms with van der Waals surface area (Å²) in [6.45, 7) is 3.88. The van der Waals surface area contributed by atoms with Crippen LogP contribution in [0.1, 0.15) is 23.8 Å². The van der Waals surface area contributed by atoms with Gasteiger partial charge in [0, 0.05) is 13.1 Å². The van der Waals surface area contributed by atoms with Gasteiger partial charge in [-0.05, 0) is 40.4 Å². The number of carbonyl (C=O) groups is 1. The molecule has 1 atom stereocenters. The highest BCUT2D eigenvalue weighted by molar-refractivity contribution is 9.10. The third kappa shape index (κ3) is 2.37. The molecule has 0 bridgehead atoms. The third-order valence-corrected chi connectivity index (χ3v) is 3.09. The van der Waals surface area contributed by atoms with Crippen LogP contribution >= 0.6 is 15.9 Å². The Hall–Kier alpha value is -0.900. The minimum absolute atomic E-state index is 0.0423. The van der Waals surface area contributed by atoms with Gasteiger partial charge in [-0.3, -0.25) is 4.79 Å². The molecule has 0 radical (unpaired) electrons. The Morgan fingerprint density at radius 2 is 2.40 bits per heavy atom. The Morgan fingerprint density at radius 1 is 1.60 bits per heavy atom. The molecule has 0 N–H and O–H groups in total. The van der Waals surface area contributed by atoms with Crippen LogP contribution in [0.25, 0.3) is 0 Å². The zero-order valence-corrected chi connectivity index (χ0v) is 10.2. The molecule has 2 heterocycles. The van der Waals surface area contributed by atoms with E-state index in [-0.39, 0.29) is 5.91 Å². The maximum Gasteiger partial charge on any atom is 0.272 e. The fourth-order valence-electron chi connectivity index (χ4n) is 1.81. The van der Waals surface area contributed by atoms with Crippen LogP contribution < -0.4 is 0 Å². The molecule has 1 amide bonds. The second-order valence-electron chi connectivity index (χ2n) is 3.99. The monoisotopic (exact) mass is 268 g/mol. The molecule has 3 nitrogen and oxygen atoms in total. The van der Waals surface area contributed by atoms with Gasteiger partial charge in [-0.25, -0.2) is 4.98 Å². The third-order valence-electron chi connectivity index (χ3n) is 2.65. The maximum absolute atomic E-state index is 12.0. The predicted molar refractivity (Wildman–Crippen MR) is 61.6 cm³/mol. The maximum atomic E-state index is 12.0. The Kier molecular flexibility index (Phi) is 3.05. The number of likely N-dealkylation sites (tertiary alicyclic amines) is 1. The normalized spacial score (nSPS) is 20.7. The summed E-state index contributed by atoms with van der Waals surface area (Å²) in [7, 11) is 0. The highest BCUT2D eigenvalue weighted by Crippen LogP contribution is 2.17. The van der Waals surface area contributed by atoms with Crippen molar-refractivity contribution in [3.8, 4) is 0 Å². The molecule has 2 rings (SSSR count). The zero-order chi connectivity index (χ0) is 10.8. The summed E-state index contributed by atoms with van der Waals surface area (Å²) in [6, 6.07) is 5.42. The first-order valence-corrected chi connectivity index (χ1v) is 5.88. The van der Waals surface area contributed by atoms with Gasteiger partial charge in [0.15, 0.2) is 0 Å². The minimum Gasteiger partial charge on any atom is -0.337 e. The lowest BCUT2D eigenvalue weighted by molar-refractivity contribution is 0.0782. The van der Waals surface area contributed by atoms with Crippen molar-refractivity contribution >= 4 is 21.8 Å². The molecule has 1 saturated heterocycles. The summed E-state index contributed by atoms with van der Waals surface area (Å²) in [4.78, 5) is 18.0. The summed E-state index contributed by atoms with van der Waals surface area (Å²) in [5, 5.41) is 0. The van der Waals surface area contributed by atoms with Crippen molar-refractivity contribution in [2.45, 2.75) is 13.3 Å². The first kappa shape index (κ1) is 10.6. The Labute approximate surface area is 97.6 Å². The van der Waals surface area contributed by atoms with E-state index in [4.69, 9.17) is 0 Å². The van der Waals surface area contributed by atoms with Crippen molar-refractivity contribution in [1.82, 2.24) is 9.88 Å². The van der Waals surface area contributed by atoms with E-state index in [0.717, 1.165) is 19.5 Å². The van der Waals surface area contributed by atoms with Crippen LogP contribution in [0, 0.1) is 5.92 Å². The molecule has 0 saturated carbocycles. The molecule has 4 heteroatoms. The number of hydrogen-bond donors (Lipinski definition) is 0. The second-order valence-corrected chi connectivity index (χ2v) is 4.80. The van der Waals surface area contributed by atoms with Gasteiger partial charge >= 0.3 is 0 Å². The largest absolute Gasteiger partial charge is 0.337 e. The van der Waals surface area contributed by atoms with Crippen molar-refractivity contribution in [3.05, 3.63) is 28.5 Å². The molecule has 1 fully saturated rings. The van der Waals surface area contributed by atoms with E-state index >= 15 is 0 Å². The molecule has 1 aromatic rings. The molecule has 1 unspecified atom stereocenters. The lowest BCUT2D eigenvalue weighted by Crippen LogP contribution is -2.29. The highest BCUT2D eigenvalue weighted by atomic mass is 79.9. The lowest BCUT2D eigenvalue weighted by Gasteiger charge is -2.15. The molecule has 0 aliphatic carbocycles. The van der Waals surface area contributed by atoms with Crippen molar-refractivity contribution in [1.29, 1.82) is 0 Å². The molecule has 0 aromatic carbocycles. The van der Waals surface area contributed by atoms with Gasteiger partial charge in [0.2, 0.25) is 0 Å². The number of aromatic nitrogens is 1. The van der Waals surface area contributed by atoms with E-state index in [1.807, 2.05) is 17.0 Å². The van der Waals surface area contributed by atoms with Crippen LogP contribution in [0.15, 0.2) is 22.8 Å². The summed E-state index contributed by atoms with van der Waals surface area (Å²) in [6.07, 6.45) is 1.10. The van der Waals surface area contributed by atoms with E-state index in [0.29, 0.717) is 16.2 Å². The fourth-order valence-corrected chi connectivity index (χ4v) is 2.15. The van der Waals surface area contributed by atoms with Crippen molar-refractivity contribution < 1.29 is 4.79 Å². The van der Waals surface area contributed by atoms with Crippen LogP contribution in [0.3, 0.4) is 0 Å². The van der Waals surface area contributed by atoms with Crippen LogP contribution in [0.5, 0.6) is 0 Å².